The van der Waals surface area contributed by atoms with Crippen LogP contribution in [-0.4, -0.2) is 62.4 Å². The number of anilines is 1. The molecule has 0 bridgehead atoms. The zero-order valence-corrected chi connectivity index (χ0v) is 18.2. The summed E-state index contributed by atoms with van der Waals surface area (Å²) in [7, 11) is 0. The number of aromatic nitrogens is 3. The predicted molar refractivity (Wildman–Crippen MR) is 113 cm³/mol. The van der Waals surface area contributed by atoms with E-state index in [9.17, 15) is 19.6 Å². The lowest BCUT2D eigenvalue weighted by atomic mass is 9.88. The van der Waals surface area contributed by atoms with E-state index in [-0.39, 0.29) is 23.0 Å². The second-order valence-corrected chi connectivity index (χ2v) is 9.25. The molecule has 5 amide bonds. The molecule has 2 aromatic rings. The number of imide groups is 1. The lowest BCUT2D eigenvalue weighted by Crippen LogP contribution is -2.59. The molecule has 3 N–H and O–H groups in total. The van der Waals surface area contributed by atoms with Crippen molar-refractivity contribution in [1.29, 1.82) is 5.26 Å². The van der Waals surface area contributed by atoms with Crippen LogP contribution in [0.1, 0.15) is 39.3 Å². The van der Waals surface area contributed by atoms with Gasteiger partial charge in [-0.2, -0.15) is 5.26 Å². The van der Waals surface area contributed by atoms with Gasteiger partial charge in [0.15, 0.2) is 0 Å². The Bertz CT molecular complexity index is 1120. The average Bonchev–Trinajstić information content (AvgIpc) is 3.30. The van der Waals surface area contributed by atoms with Crippen molar-refractivity contribution < 1.29 is 14.4 Å². The molecule has 2 fully saturated rings. The molecule has 12 nitrogen and oxygen atoms in total. The molecule has 168 valence electrons. The summed E-state index contributed by atoms with van der Waals surface area (Å²) < 4.78 is 1.70. The maximum atomic E-state index is 13.1. The molecule has 4 heterocycles. The lowest BCUT2D eigenvalue weighted by molar-refractivity contribution is -0.125. The van der Waals surface area contributed by atoms with Crippen LogP contribution in [0.4, 0.5) is 15.4 Å². The van der Waals surface area contributed by atoms with Crippen molar-refractivity contribution in [3.63, 3.8) is 0 Å². The van der Waals surface area contributed by atoms with E-state index in [2.05, 4.69) is 26.0 Å². The highest BCUT2D eigenvalue weighted by Crippen LogP contribution is 2.26. The topological polar surface area (TPSA) is 148 Å². The number of nitrogens with zero attached hydrogens (tertiary/aromatic N) is 6. The Morgan fingerprint density at radius 2 is 2.06 bits per heavy atom. The Morgan fingerprint density at radius 1 is 1.34 bits per heavy atom. The van der Waals surface area contributed by atoms with Crippen molar-refractivity contribution in [2.75, 3.05) is 24.6 Å². The third-order valence-corrected chi connectivity index (χ3v) is 5.53. The van der Waals surface area contributed by atoms with Gasteiger partial charge >= 0.3 is 12.1 Å². The summed E-state index contributed by atoms with van der Waals surface area (Å²) in [5.41, 5.74) is 1.99. The molecule has 2 aliphatic heterocycles. The third kappa shape index (κ3) is 4.01. The van der Waals surface area contributed by atoms with Gasteiger partial charge in [-0.05, 0) is 18.3 Å². The third-order valence-electron chi connectivity index (χ3n) is 5.53. The SMILES string of the molecule is CC(C)(C)CN(NC(=O)N1CCC2(CC1)NC(=O)NC2=O)c1cc(C#N)nc2nccn12. The van der Waals surface area contributed by atoms with Crippen molar-refractivity contribution in [2.45, 2.75) is 39.2 Å². The summed E-state index contributed by atoms with van der Waals surface area (Å²) in [5.74, 6) is 0.568. The summed E-state index contributed by atoms with van der Waals surface area (Å²) in [6.07, 6.45) is 3.95. The molecule has 0 atom stereocenters. The first kappa shape index (κ1) is 21.4. The summed E-state index contributed by atoms with van der Waals surface area (Å²) in [6.45, 7) is 7.19. The van der Waals surface area contributed by atoms with Crippen LogP contribution in [0.3, 0.4) is 0 Å². The fourth-order valence-electron chi connectivity index (χ4n) is 3.96. The van der Waals surface area contributed by atoms with E-state index in [1.165, 1.54) is 0 Å². The molecule has 0 saturated carbocycles. The summed E-state index contributed by atoms with van der Waals surface area (Å²) >= 11 is 0. The minimum absolute atomic E-state index is 0.186. The smallest absolute Gasteiger partial charge is 0.323 e. The second-order valence-electron chi connectivity index (χ2n) is 9.25. The Hall–Kier alpha value is -3.88. The highest BCUT2D eigenvalue weighted by molar-refractivity contribution is 6.07. The van der Waals surface area contributed by atoms with E-state index >= 15 is 0 Å². The van der Waals surface area contributed by atoms with Crippen molar-refractivity contribution in [2.24, 2.45) is 5.41 Å². The van der Waals surface area contributed by atoms with Gasteiger partial charge in [-0.3, -0.25) is 19.5 Å². The highest BCUT2D eigenvalue weighted by Gasteiger charge is 2.48. The van der Waals surface area contributed by atoms with Gasteiger partial charge < -0.3 is 10.2 Å². The number of likely N-dealkylation sites (tertiary alicyclic amines) is 1. The number of fused-ring (bicyclic) bond motifs is 1. The van der Waals surface area contributed by atoms with E-state index in [0.29, 0.717) is 44.1 Å². The monoisotopic (exact) mass is 439 g/mol. The molecular formula is C20H25N9O3. The number of urea groups is 2. The van der Waals surface area contributed by atoms with Crippen LogP contribution >= 0.6 is 0 Å². The van der Waals surface area contributed by atoms with Gasteiger partial charge in [-0.1, -0.05) is 20.8 Å². The number of piperidine rings is 1. The Kier molecular flexibility index (Phi) is 5.12. The van der Waals surface area contributed by atoms with Crippen LogP contribution in [0.2, 0.25) is 0 Å². The first-order valence-corrected chi connectivity index (χ1v) is 10.3. The molecule has 0 aliphatic carbocycles. The number of hydrogen-bond acceptors (Lipinski definition) is 7. The number of hydrogen-bond donors (Lipinski definition) is 3. The van der Waals surface area contributed by atoms with Gasteiger partial charge in [-0.25, -0.2) is 25.0 Å². The number of amides is 5. The molecule has 2 aromatic heterocycles. The molecule has 32 heavy (non-hydrogen) atoms. The quantitative estimate of drug-likeness (QED) is 0.472. The van der Waals surface area contributed by atoms with Gasteiger partial charge in [0.25, 0.3) is 5.91 Å². The van der Waals surface area contributed by atoms with E-state index in [1.54, 1.807) is 32.8 Å². The summed E-state index contributed by atoms with van der Waals surface area (Å²) in [5, 5.41) is 16.0. The Balaban J connectivity index is 1.55. The van der Waals surface area contributed by atoms with Gasteiger partial charge in [-0.15, -0.1) is 0 Å². The number of nitriles is 1. The maximum absolute atomic E-state index is 13.1. The molecule has 1 spiro atoms. The average molecular weight is 439 g/mol. The first-order chi connectivity index (χ1) is 15.1. The largest absolute Gasteiger partial charge is 0.336 e. The van der Waals surface area contributed by atoms with Crippen LogP contribution in [0, 0.1) is 16.7 Å². The number of rotatable bonds is 3. The van der Waals surface area contributed by atoms with E-state index < -0.39 is 11.6 Å². The fraction of sp³-hybridized carbons (Fsp3) is 0.500. The highest BCUT2D eigenvalue weighted by atomic mass is 16.2. The number of carbonyl (C=O) groups is 3. The minimum Gasteiger partial charge on any atom is -0.323 e. The summed E-state index contributed by atoms with van der Waals surface area (Å²) in [6, 6.07) is 2.80. The lowest BCUT2D eigenvalue weighted by Gasteiger charge is -2.39. The van der Waals surface area contributed by atoms with Crippen molar-refractivity contribution in [3.8, 4) is 6.07 Å². The minimum atomic E-state index is -0.950. The first-order valence-electron chi connectivity index (χ1n) is 10.3. The van der Waals surface area contributed by atoms with Crippen molar-refractivity contribution in [3.05, 3.63) is 24.2 Å². The van der Waals surface area contributed by atoms with E-state index in [0.717, 1.165) is 0 Å². The molecule has 0 radical (unpaired) electrons. The molecule has 0 unspecified atom stereocenters. The van der Waals surface area contributed by atoms with E-state index in [4.69, 9.17) is 0 Å². The predicted octanol–water partition coefficient (Wildman–Crippen LogP) is 0.752. The fourth-order valence-corrected chi connectivity index (χ4v) is 3.96. The van der Waals surface area contributed by atoms with Crippen molar-refractivity contribution >= 4 is 29.6 Å². The molecule has 2 aliphatic rings. The van der Waals surface area contributed by atoms with Gasteiger partial charge in [0.05, 0.1) is 0 Å². The maximum Gasteiger partial charge on any atom is 0.336 e. The van der Waals surface area contributed by atoms with Crippen LogP contribution in [0.25, 0.3) is 5.78 Å². The zero-order valence-electron chi connectivity index (χ0n) is 18.2. The Morgan fingerprint density at radius 3 is 2.66 bits per heavy atom. The Labute approximate surface area is 184 Å². The number of hydrazine groups is 1. The number of imidazole rings is 1. The standard InChI is InChI=1S/C20H25N9O3/c1-19(2,3)12-29(14-10-13(11-21)23-16-22-6-9-28(14)16)26-18(32)27-7-4-20(5-8-27)15(30)24-17(31)25-20/h6,9-10H,4-5,7-8,12H2,1-3H3,(H,26,32)(H2,24,25,30,31). The molecule has 2 saturated heterocycles. The summed E-state index contributed by atoms with van der Waals surface area (Å²) in [4.78, 5) is 46.8. The molecule has 0 aromatic carbocycles. The van der Waals surface area contributed by atoms with Gasteiger partial charge in [0.2, 0.25) is 5.78 Å². The van der Waals surface area contributed by atoms with Crippen LogP contribution in [0.5, 0.6) is 0 Å². The van der Waals surface area contributed by atoms with E-state index in [1.807, 2.05) is 26.8 Å². The molecule has 4 rings (SSSR count). The second kappa shape index (κ2) is 7.67. The van der Waals surface area contributed by atoms with Gasteiger partial charge in [0, 0.05) is 38.1 Å². The number of nitrogens with one attached hydrogen (secondary N) is 3. The molecular weight excluding hydrogens is 414 g/mol. The van der Waals surface area contributed by atoms with Crippen LogP contribution < -0.4 is 21.1 Å². The normalized spacial score (nSPS) is 17.8. The van der Waals surface area contributed by atoms with Gasteiger partial charge in [0.1, 0.15) is 23.1 Å². The zero-order chi connectivity index (χ0) is 23.1. The molecule has 12 heteroatoms. The van der Waals surface area contributed by atoms with Crippen molar-refractivity contribution in [1.82, 2.24) is 35.3 Å². The van der Waals surface area contributed by atoms with Crippen LogP contribution in [0.15, 0.2) is 18.5 Å². The number of carbonyl (C=O) groups excluding carboxylic acids is 3. The van der Waals surface area contributed by atoms with Crippen LogP contribution in [-0.2, 0) is 4.79 Å².